The molecule has 3 rings (SSSR count). The Labute approximate surface area is 177 Å². The average Bonchev–Trinajstić information content (AvgIpc) is 3.16. The first-order valence-electron chi connectivity index (χ1n) is 9.00. The SMILES string of the molecule is COCc1ccccc1NC(N)=NCc1ccc(OC2CCCC2)nc1.I. The van der Waals surface area contributed by atoms with Crippen molar-refractivity contribution in [2.45, 2.75) is 44.9 Å². The van der Waals surface area contributed by atoms with Crippen LogP contribution in [0.5, 0.6) is 5.88 Å². The molecule has 6 nitrogen and oxygen atoms in total. The van der Waals surface area contributed by atoms with Gasteiger partial charge in [0.05, 0.1) is 13.2 Å². The number of ether oxygens (including phenoxy) is 2. The fraction of sp³-hybridized carbons (Fsp3) is 0.400. The van der Waals surface area contributed by atoms with Gasteiger partial charge in [0.15, 0.2) is 5.96 Å². The van der Waals surface area contributed by atoms with Crippen LogP contribution in [0.25, 0.3) is 0 Å². The van der Waals surface area contributed by atoms with Crippen molar-refractivity contribution in [1.82, 2.24) is 4.98 Å². The minimum absolute atomic E-state index is 0. The van der Waals surface area contributed by atoms with Crippen LogP contribution < -0.4 is 15.8 Å². The van der Waals surface area contributed by atoms with E-state index >= 15 is 0 Å². The van der Waals surface area contributed by atoms with E-state index in [0.29, 0.717) is 31.1 Å². The van der Waals surface area contributed by atoms with Crippen molar-refractivity contribution in [3.8, 4) is 5.88 Å². The van der Waals surface area contributed by atoms with E-state index in [1.807, 2.05) is 36.4 Å². The molecule has 0 amide bonds. The molecule has 7 heteroatoms. The van der Waals surface area contributed by atoms with Gasteiger partial charge in [-0.2, -0.15) is 0 Å². The zero-order valence-corrected chi connectivity index (χ0v) is 17.9. The van der Waals surface area contributed by atoms with Gasteiger partial charge in [-0.3, -0.25) is 0 Å². The minimum atomic E-state index is 0. The maximum atomic E-state index is 6.01. The summed E-state index contributed by atoms with van der Waals surface area (Å²) in [5, 5.41) is 3.13. The van der Waals surface area contributed by atoms with E-state index in [9.17, 15) is 0 Å². The predicted octanol–water partition coefficient (Wildman–Crippen LogP) is 4.09. The summed E-state index contributed by atoms with van der Waals surface area (Å²) in [6.07, 6.45) is 6.86. The molecule has 1 aliphatic rings. The van der Waals surface area contributed by atoms with Gasteiger partial charge in [0, 0.05) is 30.6 Å². The number of guanidine groups is 1. The molecule has 0 radical (unpaired) electrons. The third-order valence-corrected chi connectivity index (χ3v) is 4.40. The van der Waals surface area contributed by atoms with Crippen molar-refractivity contribution >= 4 is 35.6 Å². The van der Waals surface area contributed by atoms with Crippen LogP contribution in [-0.2, 0) is 17.9 Å². The van der Waals surface area contributed by atoms with Crippen LogP contribution in [0.15, 0.2) is 47.6 Å². The number of anilines is 1. The van der Waals surface area contributed by atoms with Crippen LogP contribution in [0.3, 0.4) is 0 Å². The number of aromatic nitrogens is 1. The van der Waals surface area contributed by atoms with Crippen LogP contribution in [0.1, 0.15) is 36.8 Å². The molecule has 2 aromatic rings. The quantitative estimate of drug-likeness (QED) is 0.353. The Balaban J connectivity index is 0.00000261. The number of benzene rings is 1. The van der Waals surface area contributed by atoms with Gasteiger partial charge in [-0.25, -0.2) is 9.98 Å². The highest BCUT2D eigenvalue weighted by molar-refractivity contribution is 14.0. The van der Waals surface area contributed by atoms with Crippen molar-refractivity contribution in [3.63, 3.8) is 0 Å². The summed E-state index contributed by atoms with van der Waals surface area (Å²) in [6, 6.07) is 11.7. The molecule has 1 aliphatic carbocycles. The summed E-state index contributed by atoms with van der Waals surface area (Å²) in [6.45, 7) is 0.977. The first-order valence-corrected chi connectivity index (χ1v) is 9.00. The van der Waals surface area contributed by atoms with Crippen LogP contribution >= 0.6 is 24.0 Å². The van der Waals surface area contributed by atoms with Gasteiger partial charge in [0.1, 0.15) is 6.10 Å². The van der Waals surface area contributed by atoms with Gasteiger partial charge in [-0.05, 0) is 37.3 Å². The number of hydrogen-bond acceptors (Lipinski definition) is 4. The fourth-order valence-electron chi connectivity index (χ4n) is 3.03. The number of pyridine rings is 1. The second-order valence-electron chi connectivity index (χ2n) is 6.45. The maximum Gasteiger partial charge on any atom is 0.213 e. The van der Waals surface area contributed by atoms with Crippen LogP contribution in [0.2, 0.25) is 0 Å². The molecule has 0 spiro atoms. The summed E-state index contributed by atoms with van der Waals surface area (Å²) in [4.78, 5) is 8.76. The molecular formula is C20H27IN4O2. The van der Waals surface area contributed by atoms with Crippen LogP contribution in [0.4, 0.5) is 5.69 Å². The van der Waals surface area contributed by atoms with Crippen molar-refractivity contribution in [1.29, 1.82) is 0 Å². The summed E-state index contributed by atoms with van der Waals surface area (Å²) >= 11 is 0. The number of para-hydroxylation sites is 1. The Morgan fingerprint density at radius 1 is 1.22 bits per heavy atom. The van der Waals surface area contributed by atoms with Gasteiger partial charge in [-0.15, -0.1) is 24.0 Å². The maximum absolute atomic E-state index is 6.01. The first-order chi connectivity index (χ1) is 12.7. The molecule has 1 fully saturated rings. The van der Waals surface area contributed by atoms with Crippen LogP contribution in [-0.4, -0.2) is 24.2 Å². The summed E-state index contributed by atoms with van der Waals surface area (Å²) in [5.41, 5.74) is 8.92. The lowest BCUT2D eigenvalue weighted by atomic mass is 10.2. The highest BCUT2D eigenvalue weighted by Crippen LogP contribution is 2.23. The number of nitrogens with zero attached hydrogens (tertiary/aromatic N) is 2. The van der Waals surface area contributed by atoms with Crippen LogP contribution in [0, 0.1) is 0 Å². The van der Waals surface area contributed by atoms with Gasteiger partial charge in [-0.1, -0.05) is 24.3 Å². The molecule has 146 valence electrons. The van der Waals surface area contributed by atoms with Gasteiger partial charge >= 0.3 is 0 Å². The fourth-order valence-corrected chi connectivity index (χ4v) is 3.03. The number of rotatable bonds is 7. The molecule has 1 aromatic heterocycles. The van der Waals surface area contributed by atoms with Crippen molar-refractivity contribution in [2.75, 3.05) is 12.4 Å². The zero-order valence-electron chi connectivity index (χ0n) is 15.6. The van der Waals surface area contributed by atoms with E-state index in [0.717, 1.165) is 29.7 Å². The lowest BCUT2D eigenvalue weighted by Crippen LogP contribution is -2.23. The number of nitrogens with one attached hydrogen (secondary N) is 1. The highest BCUT2D eigenvalue weighted by Gasteiger charge is 2.16. The number of methoxy groups -OCH3 is 1. The van der Waals surface area contributed by atoms with Crippen molar-refractivity contribution < 1.29 is 9.47 Å². The van der Waals surface area contributed by atoms with Crippen molar-refractivity contribution in [3.05, 3.63) is 53.7 Å². The Kier molecular flexibility index (Phi) is 8.80. The Hall–Kier alpha value is -1.87. The molecule has 0 unspecified atom stereocenters. The van der Waals surface area contributed by atoms with E-state index in [1.165, 1.54) is 12.8 Å². The van der Waals surface area contributed by atoms with Gasteiger partial charge in [0.2, 0.25) is 5.88 Å². The molecule has 27 heavy (non-hydrogen) atoms. The molecule has 0 bridgehead atoms. The zero-order chi connectivity index (χ0) is 18.2. The molecule has 1 aromatic carbocycles. The smallest absolute Gasteiger partial charge is 0.213 e. The van der Waals surface area contributed by atoms with E-state index in [1.54, 1.807) is 13.3 Å². The number of halogens is 1. The predicted molar refractivity (Wildman–Crippen MR) is 119 cm³/mol. The molecule has 0 atom stereocenters. The van der Waals surface area contributed by atoms with E-state index in [-0.39, 0.29) is 24.0 Å². The molecular weight excluding hydrogens is 455 g/mol. The minimum Gasteiger partial charge on any atom is -0.474 e. The van der Waals surface area contributed by atoms with Gasteiger partial charge < -0.3 is 20.5 Å². The van der Waals surface area contributed by atoms with Crippen molar-refractivity contribution in [2.24, 2.45) is 10.7 Å². The Morgan fingerprint density at radius 3 is 2.70 bits per heavy atom. The number of aliphatic imine (C=N–C) groups is 1. The molecule has 1 saturated carbocycles. The lowest BCUT2D eigenvalue weighted by molar-refractivity contribution is 0.185. The lowest BCUT2D eigenvalue weighted by Gasteiger charge is -2.12. The van der Waals surface area contributed by atoms with E-state index < -0.39 is 0 Å². The Morgan fingerprint density at radius 2 is 2.00 bits per heavy atom. The molecule has 0 aliphatic heterocycles. The summed E-state index contributed by atoms with van der Waals surface area (Å²) < 4.78 is 11.1. The number of hydrogen-bond donors (Lipinski definition) is 2. The van der Waals surface area contributed by atoms with E-state index in [4.69, 9.17) is 15.2 Å². The second kappa shape index (κ2) is 11.1. The largest absolute Gasteiger partial charge is 0.474 e. The third-order valence-electron chi connectivity index (χ3n) is 4.40. The molecule has 0 saturated heterocycles. The summed E-state index contributed by atoms with van der Waals surface area (Å²) in [7, 11) is 1.67. The van der Waals surface area contributed by atoms with Gasteiger partial charge in [0.25, 0.3) is 0 Å². The second-order valence-corrected chi connectivity index (χ2v) is 6.45. The monoisotopic (exact) mass is 482 g/mol. The Bertz CT molecular complexity index is 731. The number of nitrogens with two attached hydrogens (primary N) is 1. The normalized spacial score (nSPS) is 14.6. The highest BCUT2D eigenvalue weighted by atomic mass is 127. The summed E-state index contributed by atoms with van der Waals surface area (Å²) in [5.74, 6) is 1.05. The van der Waals surface area contributed by atoms with E-state index in [2.05, 4.69) is 15.3 Å². The standard InChI is InChI=1S/C20H26N4O2.HI/c1-25-14-16-6-2-5-9-18(16)24-20(21)23-13-15-10-11-19(22-12-15)26-17-7-3-4-8-17;/h2,5-6,9-12,17H,3-4,7-8,13-14H2,1H3,(H3,21,23,24);1H. The molecule has 1 heterocycles. The topological polar surface area (TPSA) is 81.8 Å². The first kappa shape index (κ1) is 21.4. The average molecular weight is 482 g/mol. The third kappa shape index (κ3) is 6.66. The molecule has 3 N–H and O–H groups in total.